The number of hydrogen-bond donors (Lipinski definition) is 0. The maximum absolute atomic E-state index is 13.2. The fourth-order valence-corrected chi connectivity index (χ4v) is 4.50. The number of ether oxygens (including phenoxy) is 1. The van der Waals surface area contributed by atoms with Crippen LogP contribution in [0.3, 0.4) is 0 Å². The standard InChI is InChI=1S/C17H17FN2O5S/c1-25-16-9-8-15(20(21)22)10-17(16)26(23,24)19(14-6-7-14)11-12-2-4-13(18)5-3-12/h2-5,8-10,14H,6-7,11H2,1H3. The summed E-state index contributed by atoms with van der Waals surface area (Å²) in [5, 5.41) is 11.0. The first-order chi connectivity index (χ1) is 12.3. The molecule has 0 amide bonds. The van der Waals surface area contributed by atoms with Crippen LogP contribution in [0, 0.1) is 15.9 Å². The fraction of sp³-hybridized carbons (Fsp3) is 0.294. The van der Waals surface area contributed by atoms with E-state index in [0.717, 1.165) is 6.07 Å². The van der Waals surface area contributed by atoms with Crippen LogP contribution >= 0.6 is 0 Å². The lowest BCUT2D eigenvalue weighted by atomic mass is 10.2. The molecule has 3 rings (SSSR count). The van der Waals surface area contributed by atoms with Crippen molar-refractivity contribution in [1.29, 1.82) is 0 Å². The average Bonchev–Trinajstić information content (AvgIpc) is 3.45. The predicted molar refractivity (Wildman–Crippen MR) is 91.8 cm³/mol. The number of nitro benzene ring substituents is 1. The van der Waals surface area contributed by atoms with Crippen LogP contribution in [0.2, 0.25) is 0 Å². The van der Waals surface area contributed by atoms with E-state index in [1.807, 2.05) is 0 Å². The van der Waals surface area contributed by atoms with Gasteiger partial charge in [-0.05, 0) is 36.6 Å². The molecule has 26 heavy (non-hydrogen) atoms. The first kappa shape index (κ1) is 18.3. The zero-order chi connectivity index (χ0) is 18.9. The van der Waals surface area contributed by atoms with Gasteiger partial charge >= 0.3 is 0 Å². The van der Waals surface area contributed by atoms with Crippen LogP contribution in [0.5, 0.6) is 5.75 Å². The molecule has 7 nitrogen and oxygen atoms in total. The molecule has 1 saturated carbocycles. The molecule has 0 spiro atoms. The molecule has 9 heteroatoms. The van der Waals surface area contributed by atoms with Gasteiger partial charge in [-0.25, -0.2) is 12.8 Å². The molecule has 2 aromatic rings. The monoisotopic (exact) mass is 380 g/mol. The Morgan fingerprint density at radius 2 is 1.88 bits per heavy atom. The Labute approximate surface area is 150 Å². The Hall–Kier alpha value is -2.52. The van der Waals surface area contributed by atoms with Gasteiger partial charge < -0.3 is 4.74 Å². The molecule has 2 aromatic carbocycles. The molecule has 1 aliphatic carbocycles. The molecule has 0 atom stereocenters. The van der Waals surface area contributed by atoms with E-state index in [4.69, 9.17) is 4.74 Å². The van der Waals surface area contributed by atoms with Crippen LogP contribution in [0.25, 0.3) is 0 Å². The highest BCUT2D eigenvalue weighted by atomic mass is 32.2. The number of nitro groups is 1. The molecular formula is C17H17FN2O5S. The normalized spacial score (nSPS) is 14.4. The van der Waals surface area contributed by atoms with Gasteiger partial charge in [0.15, 0.2) is 0 Å². The van der Waals surface area contributed by atoms with Crippen LogP contribution in [0.4, 0.5) is 10.1 Å². The number of sulfonamides is 1. The number of benzene rings is 2. The van der Waals surface area contributed by atoms with Crippen LogP contribution in [-0.2, 0) is 16.6 Å². The molecule has 1 fully saturated rings. The molecule has 0 heterocycles. The van der Waals surface area contributed by atoms with Gasteiger partial charge in [-0.3, -0.25) is 10.1 Å². The maximum atomic E-state index is 13.2. The molecule has 0 unspecified atom stereocenters. The molecule has 0 N–H and O–H groups in total. The van der Waals surface area contributed by atoms with Crippen molar-refractivity contribution in [1.82, 2.24) is 4.31 Å². The minimum absolute atomic E-state index is 0.0420. The largest absolute Gasteiger partial charge is 0.495 e. The lowest BCUT2D eigenvalue weighted by Crippen LogP contribution is -2.33. The zero-order valence-corrected chi connectivity index (χ0v) is 14.8. The van der Waals surface area contributed by atoms with Crippen molar-refractivity contribution in [2.45, 2.75) is 30.3 Å². The summed E-state index contributed by atoms with van der Waals surface area (Å²) in [4.78, 5) is 10.1. The number of hydrogen-bond acceptors (Lipinski definition) is 5. The van der Waals surface area contributed by atoms with E-state index in [9.17, 15) is 22.9 Å². The Morgan fingerprint density at radius 1 is 1.23 bits per heavy atom. The molecule has 0 radical (unpaired) electrons. The van der Waals surface area contributed by atoms with Gasteiger partial charge in [0.25, 0.3) is 5.69 Å². The summed E-state index contributed by atoms with van der Waals surface area (Å²) in [6.07, 6.45) is 1.41. The molecule has 0 bridgehead atoms. The first-order valence-corrected chi connectivity index (χ1v) is 9.35. The predicted octanol–water partition coefficient (Wildman–Crippen LogP) is 3.10. The highest BCUT2D eigenvalue weighted by Crippen LogP contribution is 2.37. The number of non-ortho nitro benzene ring substituents is 1. The summed E-state index contributed by atoms with van der Waals surface area (Å²) < 4.78 is 45.9. The van der Waals surface area contributed by atoms with Gasteiger partial charge in [0.05, 0.1) is 12.0 Å². The number of methoxy groups -OCH3 is 1. The van der Waals surface area contributed by atoms with E-state index in [0.29, 0.717) is 18.4 Å². The van der Waals surface area contributed by atoms with Gasteiger partial charge in [-0.2, -0.15) is 4.31 Å². The van der Waals surface area contributed by atoms with Gasteiger partial charge in [-0.1, -0.05) is 12.1 Å². The van der Waals surface area contributed by atoms with Crippen molar-refractivity contribution in [3.63, 3.8) is 0 Å². The second-order valence-corrected chi connectivity index (χ2v) is 7.86. The third kappa shape index (κ3) is 3.68. The molecule has 1 aliphatic rings. The summed E-state index contributed by atoms with van der Waals surface area (Å²) >= 11 is 0. The van der Waals surface area contributed by atoms with Gasteiger partial charge in [-0.15, -0.1) is 0 Å². The molecule has 0 aromatic heterocycles. The van der Waals surface area contributed by atoms with Crippen LogP contribution < -0.4 is 4.74 Å². The van der Waals surface area contributed by atoms with E-state index in [1.54, 1.807) is 0 Å². The van der Waals surface area contributed by atoms with Crippen LogP contribution in [0.1, 0.15) is 18.4 Å². The minimum atomic E-state index is -4.03. The topological polar surface area (TPSA) is 89.7 Å². The highest BCUT2D eigenvalue weighted by molar-refractivity contribution is 7.89. The third-order valence-corrected chi connectivity index (χ3v) is 6.07. The van der Waals surface area contributed by atoms with Crippen molar-refractivity contribution >= 4 is 15.7 Å². The SMILES string of the molecule is COc1ccc([N+](=O)[O-])cc1S(=O)(=O)N(Cc1ccc(F)cc1)C1CC1. The zero-order valence-electron chi connectivity index (χ0n) is 14.0. The van der Waals surface area contributed by atoms with E-state index in [1.165, 1.54) is 47.8 Å². The second kappa shape index (κ2) is 7.00. The maximum Gasteiger partial charge on any atom is 0.271 e. The quantitative estimate of drug-likeness (QED) is 0.544. The number of rotatable bonds is 7. The minimum Gasteiger partial charge on any atom is -0.495 e. The van der Waals surface area contributed by atoms with Gasteiger partial charge in [0, 0.05) is 24.7 Å². The number of halogens is 1. The van der Waals surface area contributed by atoms with Crippen LogP contribution in [-0.4, -0.2) is 30.8 Å². The van der Waals surface area contributed by atoms with Crippen molar-refractivity contribution in [2.24, 2.45) is 0 Å². The first-order valence-electron chi connectivity index (χ1n) is 7.91. The fourth-order valence-electron chi connectivity index (χ4n) is 2.65. The van der Waals surface area contributed by atoms with E-state index < -0.39 is 20.8 Å². The Balaban J connectivity index is 2.02. The van der Waals surface area contributed by atoms with E-state index >= 15 is 0 Å². The summed E-state index contributed by atoms with van der Waals surface area (Å²) in [6.45, 7) is 0.0547. The summed E-state index contributed by atoms with van der Waals surface area (Å²) in [6, 6.07) is 8.85. The lowest BCUT2D eigenvalue weighted by Gasteiger charge is -2.23. The van der Waals surface area contributed by atoms with Crippen molar-refractivity contribution in [3.8, 4) is 5.75 Å². The Bertz CT molecular complexity index is 927. The van der Waals surface area contributed by atoms with Crippen molar-refractivity contribution < 1.29 is 22.5 Å². The summed E-state index contributed by atoms with van der Waals surface area (Å²) in [5.74, 6) is -0.365. The van der Waals surface area contributed by atoms with Crippen LogP contribution in [0.15, 0.2) is 47.4 Å². The Kier molecular flexibility index (Phi) is 4.92. The summed E-state index contributed by atoms with van der Waals surface area (Å²) in [5.41, 5.74) is 0.299. The van der Waals surface area contributed by atoms with Gasteiger partial charge in [0.2, 0.25) is 10.0 Å². The molecule has 138 valence electrons. The van der Waals surface area contributed by atoms with Crippen molar-refractivity contribution in [2.75, 3.05) is 7.11 Å². The van der Waals surface area contributed by atoms with E-state index in [-0.39, 0.29) is 28.9 Å². The summed E-state index contributed by atoms with van der Waals surface area (Å²) in [7, 11) is -2.73. The molecule has 0 aliphatic heterocycles. The lowest BCUT2D eigenvalue weighted by molar-refractivity contribution is -0.385. The number of nitrogens with zero attached hydrogens (tertiary/aromatic N) is 2. The van der Waals surface area contributed by atoms with Gasteiger partial charge in [0.1, 0.15) is 16.5 Å². The molecular weight excluding hydrogens is 363 g/mol. The average molecular weight is 380 g/mol. The van der Waals surface area contributed by atoms with E-state index in [2.05, 4.69) is 0 Å². The Morgan fingerprint density at radius 3 is 2.42 bits per heavy atom. The third-order valence-electron chi connectivity index (χ3n) is 4.15. The smallest absolute Gasteiger partial charge is 0.271 e. The second-order valence-electron chi connectivity index (χ2n) is 6.00. The highest BCUT2D eigenvalue weighted by Gasteiger charge is 2.40. The molecule has 0 saturated heterocycles. The van der Waals surface area contributed by atoms with Crippen molar-refractivity contribution in [3.05, 3.63) is 64.0 Å².